The zero-order valence-electron chi connectivity index (χ0n) is 12.6. The van der Waals surface area contributed by atoms with E-state index in [0.717, 1.165) is 10.6 Å². The first-order chi connectivity index (χ1) is 10.9. The number of nitrogens with zero attached hydrogens (tertiary/aromatic N) is 1. The van der Waals surface area contributed by atoms with Gasteiger partial charge in [0.1, 0.15) is 6.10 Å². The van der Waals surface area contributed by atoms with Crippen molar-refractivity contribution in [2.24, 2.45) is 11.7 Å². The van der Waals surface area contributed by atoms with E-state index in [0.29, 0.717) is 18.7 Å². The quantitative estimate of drug-likeness (QED) is 0.866. The van der Waals surface area contributed by atoms with Gasteiger partial charge in [-0.2, -0.15) is 0 Å². The highest BCUT2D eigenvalue weighted by molar-refractivity contribution is 8.14. The molecular weight excluding hydrogens is 318 g/mol. The molecule has 8 heteroatoms. The second-order valence-corrected chi connectivity index (χ2v) is 6.76. The van der Waals surface area contributed by atoms with Gasteiger partial charge in [0.05, 0.1) is 18.8 Å². The molecule has 0 spiro atoms. The third-order valence-corrected chi connectivity index (χ3v) is 4.85. The summed E-state index contributed by atoms with van der Waals surface area (Å²) in [6, 6.07) is 5.43. The molecular formula is C15H17N3O4S. The summed E-state index contributed by atoms with van der Waals surface area (Å²) >= 11 is 1.19. The van der Waals surface area contributed by atoms with E-state index >= 15 is 0 Å². The number of rotatable bonds is 4. The van der Waals surface area contributed by atoms with Crippen LogP contribution in [0.15, 0.2) is 23.1 Å². The maximum absolute atomic E-state index is 12.1. The standard InChI is InChI=1S/C15H17N3O4S/c1-8(14(16)20)4-10-7-18(15(21)22-10)9-2-3-12-11(5-9)17-6-13(19)23-12/h2-3,5,8,10,17H,4,6-7H2,1H3,(H2,16,20)/t8?,10-/m1/s1. The highest BCUT2D eigenvalue weighted by atomic mass is 32.2. The lowest BCUT2D eigenvalue weighted by atomic mass is 10.0. The van der Waals surface area contributed by atoms with E-state index in [1.165, 1.54) is 16.7 Å². The number of benzene rings is 1. The van der Waals surface area contributed by atoms with Gasteiger partial charge in [-0.05, 0) is 36.4 Å². The lowest BCUT2D eigenvalue weighted by molar-refractivity contribution is -0.122. The molecule has 2 aliphatic heterocycles. The first kappa shape index (κ1) is 15.7. The number of primary amides is 1. The van der Waals surface area contributed by atoms with Gasteiger partial charge in [-0.1, -0.05) is 6.92 Å². The Kier molecular flexibility index (Phi) is 4.16. The Hall–Kier alpha value is -2.22. The van der Waals surface area contributed by atoms with Crippen LogP contribution in [0.1, 0.15) is 13.3 Å². The zero-order chi connectivity index (χ0) is 16.6. The van der Waals surface area contributed by atoms with E-state index < -0.39 is 12.0 Å². The van der Waals surface area contributed by atoms with Gasteiger partial charge in [0.25, 0.3) is 0 Å². The number of nitrogens with one attached hydrogen (secondary N) is 1. The van der Waals surface area contributed by atoms with E-state index in [2.05, 4.69) is 5.32 Å². The first-order valence-electron chi connectivity index (χ1n) is 7.30. The Morgan fingerprint density at radius 2 is 2.30 bits per heavy atom. The van der Waals surface area contributed by atoms with Crippen molar-refractivity contribution in [3.63, 3.8) is 0 Å². The predicted octanol–water partition coefficient (Wildman–Crippen LogP) is 1.57. The number of fused-ring (bicyclic) bond motifs is 1. The van der Waals surface area contributed by atoms with Gasteiger partial charge >= 0.3 is 6.09 Å². The normalized spacial score (nSPS) is 21.4. The molecule has 1 unspecified atom stereocenters. The summed E-state index contributed by atoms with van der Waals surface area (Å²) in [5.41, 5.74) is 6.78. The van der Waals surface area contributed by atoms with Gasteiger partial charge in [-0.3, -0.25) is 14.5 Å². The summed E-state index contributed by atoms with van der Waals surface area (Å²) in [6.07, 6.45) is -0.387. The largest absolute Gasteiger partial charge is 0.444 e. The second kappa shape index (κ2) is 6.11. The number of carbonyl (C=O) groups is 3. The summed E-state index contributed by atoms with van der Waals surface area (Å²) in [5, 5.41) is 3.10. The number of nitrogens with two attached hydrogens (primary N) is 1. The van der Waals surface area contributed by atoms with Crippen LogP contribution < -0.4 is 16.0 Å². The molecule has 2 atom stereocenters. The minimum atomic E-state index is -0.439. The fourth-order valence-corrected chi connectivity index (χ4v) is 3.37. The Balaban J connectivity index is 1.73. The Morgan fingerprint density at radius 3 is 3.04 bits per heavy atom. The van der Waals surface area contributed by atoms with Crippen molar-refractivity contribution in [1.29, 1.82) is 0 Å². The molecule has 7 nitrogen and oxygen atoms in total. The highest BCUT2D eigenvalue weighted by Gasteiger charge is 2.34. The monoisotopic (exact) mass is 335 g/mol. The van der Waals surface area contributed by atoms with Crippen LogP contribution in [0.5, 0.6) is 0 Å². The smallest absolute Gasteiger partial charge is 0.414 e. The number of hydrogen-bond acceptors (Lipinski definition) is 6. The molecule has 0 radical (unpaired) electrons. The summed E-state index contributed by atoms with van der Waals surface area (Å²) < 4.78 is 5.31. The summed E-state index contributed by atoms with van der Waals surface area (Å²) in [5.74, 6) is -0.750. The van der Waals surface area contributed by atoms with Crippen LogP contribution in [0.25, 0.3) is 0 Å². The van der Waals surface area contributed by atoms with Crippen LogP contribution in [0.3, 0.4) is 0 Å². The molecule has 1 aromatic rings. The number of amides is 2. The van der Waals surface area contributed by atoms with Gasteiger partial charge in [0.2, 0.25) is 11.0 Å². The average molecular weight is 335 g/mol. The molecule has 1 aromatic carbocycles. The van der Waals surface area contributed by atoms with Gasteiger partial charge in [-0.25, -0.2) is 4.79 Å². The number of ether oxygens (including phenoxy) is 1. The first-order valence-corrected chi connectivity index (χ1v) is 8.11. The third-order valence-electron chi connectivity index (χ3n) is 3.90. The van der Waals surface area contributed by atoms with Gasteiger partial charge in [0, 0.05) is 16.5 Å². The lowest BCUT2D eigenvalue weighted by Crippen LogP contribution is -2.28. The Bertz CT molecular complexity index is 679. The van der Waals surface area contributed by atoms with Crippen LogP contribution in [0.4, 0.5) is 16.2 Å². The molecule has 0 bridgehead atoms. The third kappa shape index (κ3) is 3.26. The van der Waals surface area contributed by atoms with Crippen molar-refractivity contribution in [3.05, 3.63) is 18.2 Å². The van der Waals surface area contributed by atoms with Crippen molar-refractivity contribution >= 4 is 40.3 Å². The number of thioether (sulfide) groups is 1. The lowest BCUT2D eigenvalue weighted by Gasteiger charge is -2.20. The van der Waals surface area contributed by atoms with Crippen molar-refractivity contribution in [1.82, 2.24) is 0 Å². The SMILES string of the molecule is CC(C[C@@H]1CN(c2ccc3c(c2)NCC(=O)S3)C(=O)O1)C(N)=O. The molecule has 3 N–H and O–H groups in total. The molecule has 3 rings (SSSR count). The van der Waals surface area contributed by atoms with Crippen molar-refractivity contribution < 1.29 is 19.1 Å². The molecule has 122 valence electrons. The number of hydrogen-bond donors (Lipinski definition) is 2. The molecule has 0 saturated carbocycles. The fourth-order valence-electron chi connectivity index (χ4n) is 2.60. The topological polar surface area (TPSA) is 102 Å². The van der Waals surface area contributed by atoms with Crippen molar-refractivity contribution in [3.8, 4) is 0 Å². The van der Waals surface area contributed by atoms with Crippen LogP contribution in [-0.4, -0.2) is 36.3 Å². The van der Waals surface area contributed by atoms with Crippen molar-refractivity contribution in [2.45, 2.75) is 24.3 Å². The summed E-state index contributed by atoms with van der Waals surface area (Å²) in [6.45, 7) is 2.36. The van der Waals surface area contributed by atoms with E-state index in [-0.39, 0.29) is 23.7 Å². The molecule has 1 fully saturated rings. The number of cyclic esters (lactones) is 1. The Labute approximate surface area is 137 Å². The molecule has 0 aromatic heterocycles. The fraction of sp³-hybridized carbons (Fsp3) is 0.400. The van der Waals surface area contributed by atoms with Crippen LogP contribution >= 0.6 is 11.8 Å². The molecule has 2 amide bonds. The Morgan fingerprint density at radius 1 is 1.52 bits per heavy atom. The highest BCUT2D eigenvalue weighted by Crippen LogP contribution is 2.36. The van der Waals surface area contributed by atoms with Crippen LogP contribution in [-0.2, 0) is 14.3 Å². The maximum atomic E-state index is 12.1. The minimum Gasteiger partial charge on any atom is -0.444 e. The molecule has 23 heavy (non-hydrogen) atoms. The van der Waals surface area contributed by atoms with E-state index in [4.69, 9.17) is 10.5 Å². The van der Waals surface area contributed by atoms with Crippen LogP contribution in [0, 0.1) is 5.92 Å². The zero-order valence-corrected chi connectivity index (χ0v) is 13.4. The van der Waals surface area contributed by atoms with E-state index in [1.54, 1.807) is 13.0 Å². The van der Waals surface area contributed by atoms with E-state index in [9.17, 15) is 14.4 Å². The minimum absolute atomic E-state index is 0.0614. The number of anilines is 2. The predicted molar refractivity (Wildman–Crippen MR) is 86.4 cm³/mol. The van der Waals surface area contributed by atoms with Gasteiger partial charge in [-0.15, -0.1) is 0 Å². The van der Waals surface area contributed by atoms with Gasteiger partial charge < -0.3 is 15.8 Å². The summed E-state index contributed by atoms with van der Waals surface area (Å²) in [4.78, 5) is 37.0. The molecule has 2 heterocycles. The van der Waals surface area contributed by atoms with Crippen LogP contribution in [0.2, 0.25) is 0 Å². The summed E-state index contributed by atoms with van der Waals surface area (Å²) in [7, 11) is 0. The van der Waals surface area contributed by atoms with E-state index in [1.807, 2.05) is 12.1 Å². The second-order valence-electron chi connectivity index (χ2n) is 5.66. The molecule has 2 aliphatic rings. The maximum Gasteiger partial charge on any atom is 0.414 e. The number of carbonyl (C=O) groups excluding carboxylic acids is 3. The average Bonchev–Trinajstić information content (AvgIpc) is 2.87. The molecule has 0 aliphatic carbocycles. The van der Waals surface area contributed by atoms with Gasteiger partial charge in [0.15, 0.2) is 0 Å². The van der Waals surface area contributed by atoms with Crippen molar-refractivity contribution in [2.75, 3.05) is 23.3 Å². The molecule has 1 saturated heterocycles.